The molecule has 1 aromatic carbocycles. The number of benzene rings is 1. The van der Waals surface area contributed by atoms with Crippen LogP contribution in [0.15, 0.2) is 30.9 Å². The Morgan fingerprint density at radius 1 is 1.53 bits per heavy atom. The molecule has 1 atom stereocenters. The minimum atomic E-state index is -4.28. The lowest BCUT2D eigenvalue weighted by Gasteiger charge is -2.15. The fourth-order valence-corrected chi connectivity index (χ4v) is 1.48. The number of hydrogen-bond donors (Lipinski definition) is 2. The van der Waals surface area contributed by atoms with E-state index >= 15 is 0 Å². The maximum atomic E-state index is 10.8. The van der Waals surface area contributed by atoms with E-state index in [0.717, 1.165) is 0 Å². The van der Waals surface area contributed by atoms with Gasteiger partial charge in [-0.3, -0.25) is 4.55 Å². The molecular formula is C11H14O5S. The lowest BCUT2D eigenvalue weighted by atomic mass is 10.1. The second kappa shape index (κ2) is 5.20. The second-order valence-corrected chi connectivity index (χ2v) is 5.14. The molecule has 0 heterocycles. The van der Waals surface area contributed by atoms with Gasteiger partial charge in [-0.15, -0.1) is 6.58 Å². The summed E-state index contributed by atoms with van der Waals surface area (Å²) >= 11 is 0. The monoisotopic (exact) mass is 258 g/mol. The van der Waals surface area contributed by atoms with Crippen LogP contribution in [0.1, 0.15) is 12.5 Å². The third-order valence-electron chi connectivity index (χ3n) is 2.17. The van der Waals surface area contributed by atoms with Crippen LogP contribution in [-0.4, -0.2) is 23.5 Å². The molecule has 17 heavy (non-hydrogen) atoms. The molecule has 0 saturated carbocycles. The Bertz CT molecular complexity index is 507. The van der Waals surface area contributed by atoms with Crippen LogP contribution >= 0.6 is 0 Å². The van der Waals surface area contributed by atoms with Crippen molar-refractivity contribution in [1.82, 2.24) is 0 Å². The predicted octanol–water partition coefficient (Wildman–Crippen LogP) is 1.73. The van der Waals surface area contributed by atoms with Gasteiger partial charge >= 0.3 is 10.1 Å². The first-order chi connectivity index (χ1) is 7.86. The molecule has 0 bridgehead atoms. The third-order valence-corrected chi connectivity index (χ3v) is 3.10. The van der Waals surface area contributed by atoms with Gasteiger partial charge in [-0.25, -0.2) is 0 Å². The van der Waals surface area contributed by atoms with E-state index in [-0.39, 0.29) is 11.5 Å². The van der Waals surface area contributed by atoms with E-state index < -0.39 is 15.6 Å². The van der Waals surface area contributed by atoms with Crippen molar-refractivity contribution in [3.8, 4) is 11.5 Å². The van der Waals surface area contributed by atoms with Crippen LogP contribution in [0.25, 0.3) is 0 Å². The van der Waals surface area contributed by atoms with Crippen molar-refractivity contribution >= 4 is 10.1 Å². The van der Waals surface area contributed by atoms with E-state index in [4.69, 9.17) is 9.29 Å². The van der Waals surface area contributed by atoms with Gasteiger partial charge < -0.3 is 9.84 Å². The number of phenolic OH excluding ortho intramolecular Hbond substituents is 1. The SMILES string of the molecule is C=CCc1c(O)cccc1OC(C)S(=O)(=O)O. The van der Waals surface area contributed by atoms with Gasteiger partial charge in [-0.2, -0.15) is 8.42 Å². The summed E-state index contributed by atoms with van der Waals surface area (Å²) in [5, 5.41) is 9.60. The van der Waals surface area contributed by atoms with Gasteiger partial charge in [-0.1, -0.05) is 12.1 Å². The maximum absolute atomic E-state index is 10.8. The Morgan fingerprint density at radius 3 is 2.71 bits per heavy atom. The zero-order chi connectivity index (χ0) is 13.1. The first-order valence-electron chi connectivity index (χ1n) is 4.91. The summed E-state index contributed by atoms with van der Waals surface area (Å²) in [6, 6.07) is 4.50. The Labute approximate surface area is 100 Å². The molecule has 0 radical (unpaired) electrons. The van der Waals surface area contributed by atoms with E-state index in [9.17, 15) is 13.5 Å². The molecule has 0 aliphatic heterocycles. The Hall–Kier alpha value is -1.53. The predicted molar refractivity (Wildman–Crippen MR) is 63.6 cm³/mol. The van der Waals surface area contributed by atoms with Crippen LogP contribution in [0, 0.1) is 0 Å². The summed E-state index contributed by atoms with van der Waals surface area (Å²) in [6.07, 6.45) is 1.89. The fourth-order valence-electron chi connectivity index (χ4n) is 1.25. The standard InChI is InChI=1S/C11H14O5S/c1-3-5-9-10(12)6-4-7-11(9)16-8(2)17(13,14)15/h3-4,6-8,12H,1,5H2,2H3,(H,13,14,15). The number of phenols is 1. The summed E-state index contributed by atoms with van der Waals surface area (Å²) < 4.78 is 35.6. The summed E-state index contributed by atoms with van der Waals surface area (Å²) in [4.78, 5) is 0. The molecule has 6 heteroatoms. The summed E-state index contributed by atoms with van der Waals surface area (Å²) in [7, 11) is -4.28. The van der Waals surface area contributed by atoms with Gasteiger partial charge in [0.25, 0.3) is 0 Å². The number of rotatable bonds is 5. The zero-order valence-corrected chi connectivity index (χ0v) is 10.1. The van der Waals surface area contributed by atoms with Crippen LogP contribution in [0.2, 0.25) is 0 Å². The smallest absolute Gasteiger partial charge is 0.303 e. The van der Waals surface area contributed by atoms with Gasteiger partial charge in [0.1, 0.15) is 11.5 Å². The van der Waals surface area contributed by atoms with Crippen LogP contribution in [0.5, 0.6) is 11.5 Å². The van der Waals surface area contributed by atoms with Crippen LogP contribution in [0.4, 0.5) is 0 Å². The van der Waals surface area contributed by atoms with E-state index in [1.807, 2.05) is 0 Å². The zero-order valence-electron chi connectivity index (χ0n) is 9.33. The molecule has 2 N–H and O–H groups in total. The molecule has 0 spiro atoms. The maximum Gasteiger partial charge on any atom is 0.303 e. The normalized spacial score (nSPS) is 13.1. The average Bonchev–Trinajstić information content (AvgIpc) is 2.21. The molecule has 0 amide bonds. The first kappa shape index (κ1) is 13.5. The van der Waals surface area contributed by atoms with Crippen molar-refractivity contribution in [3.63, 3.8) is 0 Å². The van der Waals surface area contributed by atoms with Crippen LogP contribution < -0.4 is 4.74 Å². The molecule has 1 aromatic rings. The van der Waals surface area contributed by atoms with Crippen molar-refractivity contribution in [2.75, 3.05) is 0 Å². The molecule has 1 rings (SSSR count). The minimum absolute atomic E-state index is 0.00932. The van der Waals surface area contributed by atoms with E-state index in [1.54, 1.807) is 6.08 Å². The van der Waals surface area contributed by atoms with Gasteiger partial charge in [0.2, 0.25) is 5.44 Å². The highest BCUT2D eigenvalue weighted by Gasteiger charge is 2.20. The molecule has 0 aliphatic carbocycles. The highest BCUT2D eigenvalue weighted by molar-refractivity contribution is 7.86. The van der Waals surface area contributed by atoms with E-state index in [2.05, 4.69) is 6.58 Å². The Morgan fingerprint density at radius 2 is 2.18 bits per heavy atom. The van der Waals surface area contributed by atoms with E-state index in [1.165, 1.54) is 25.1 Å². The lowest BCUT2D eigenvalue weighted by Crippen LogP contribution is -2.23. The number of allylic oxidation sites excluding steroid dienone is 1. The fraction of sp³-hybridized carbons (Fsp3) is 0.273. The quantitative estimate of drug-likeness (QED) is 0.620. The third kappa shape index (κ3) is 3.47. The van der Waals surface area contributed by atoms with Gasteiger partial charge in [0, 0.05) is 5.56 Å². The first-order valence-corrected chi connectivity index (χ1v) is 6.41. The van der Waals surface area contributed by atoms with Crippen LogP contribution in [0.3, 0.4) is 0 Å². The summed E-state index contributed by atoms with van der Waals surface area (Å²) in [5.41, 5.74) is -0.967. The van der Waals surface area contributed by atoms with Crippen molar-refractivity contribution in [2.24, 2.45) is 0 Å². The Balaban J connectivity index is 3.06. The van der Waals surface area contributed by atoms with Gasteiger partial charge in [-0.05, 0) is 25.5 Å². The molecule has 0 saturated heterocycles. The number of hydrogen-bond acceptors (Lipinski definition) is 4. The molecule has 1 unspecified atom stereocenters. The molecule has 0 fully saturated rings. The van der Waals surface area contributed by atoms with Crippen molar-refractivity contribution in [1.29, 1.82) is 0 Å². The van der Waals surface area contributed by atoms with E-state index in [0.29, 0.717) is 12.0 Å². The summed E-state index contributed by atoms with van der Waals surface area (Å²) in [6.45, 7) is 4.74. The van der Waals surface area contributed by atoms with Crippen molar-refractivity contribution < 1.29 is 22.8 Å². The molecule has 94 valence electrons. The molecule has 0 aliphatic rings. The highest BCUT2D eigenvalue weighted by Crippen LogP contribution is 2.29. The minimum Gasteiger partial charge on any atom is -0.508 e. The topological polar surface area (TPSA) is 83.8 Å². The number of aromatic hydroxyl groups is 1. The summed E-state index contributed by atoms with van der Waals surface area (Å²) in [5.74, 6) is 0.194. The highest BCUT2D eigenvalue weighted by atomic mass is 32.2. The number of ether oxygens (including phenoxy) is 1. The van der Waals surface area contributed by atoms with Crippen molar-refractivity contribution in [2.45, 2.75) is 18.8 Å². The molecule has 5 nitrogen and oxygen atoms in total. The lowest BCUT2D eigenvalue weighted by molar-refractivity contribution is 0.270. The Kier molecular flexibility index (Phi) is 4.14. The second-order valence-electron chi connectivity index (χ2n) is 3.45. The average molecular weight is 258 g/mol. The van der Waals surface area contributed by atoms with Gasteiger partial charge in [0.05, 0.1) is 0 Å². The molecule has 0 aromatic heterocycles. The van der Waals surface area contributed by atoms with Crippen molar-refractivity contribution in [3.05, 3.63) is 36.4 Å². The van der Waals surface area contributed by atoms with Gasteiger partial charge in [0.15, 0.2) is 0 Å². The van der Waals surface area contributed by atoms with Crippen LogP contribution in [-0.2, 0) is 16.5 Å². The largest absolute Gasteiger partial charge is 0.508 e. The molecular weight excluding hydrogens is 244 g/mol.